The van der Waals surface area contributed by atoms with Gasteiger partial charge in [-0.2, -0.15) is 5.10 Å². The molecule has 7 nitrogen and oxygen atoms in total. The van der Waals surface area contributed by atoms with Crippen molar-refractivity contribution in [3.63, 3.8) is 0 Å². The maximum absolute atomic E-state index is 11.8. The Morgan fingerprint density at radius 1 is 1.26 bits per heavy atom. The number of hydrogen-bond donors (Lipinski definition) is 2. The molecule has 0 bridgehead atoms. The van der Waals surface area contributed by atoms with Crippen LogP contribution in [0.4, 0.5) is 4.79 Å². The molecule has 0 spiro atoms. The Morgan fingerprint density at radius 3 is 3.00 bits per heavy atom. The highest BCUT2D eigenvalue weighted by atomic mass is 79.9. The summed E-state index contributed by atoms with van der Waals surface area (Å²) in [6, 6.07) is 5.55. The molecule has 3 rings (SSSR count). The zero-order chi connectivity index (χ0) is 16.1. The number of fused-ring (bicyclic) bond motifs is 1. The Morgan fingerprint density at radius 2 is 2.17 bits per heavy atom. The van der Waals surface area contributed by atoms with Gasteiger partial charge in [0.15, 0.2) is 0 Å². The van der Waals surface area contributed by atoms with Gasteiger partial charge in [0.1, 0.15) is 5.65 Å². The topological polar surface area (TPSA) is 76.2 Å². The SMILES string of the molecule is O=C(NCCCn1cccn1)NCc1cn2cc(Br)ccc2n1. The summed E-state index contributed by atoms with van der Waals surface area (Å²) in [4.78, 5) is 16.2. The molecular formula is C15H17BrN6O. The van der Waals surface area contributed by atoms with E-state index in [9.17, 15) is 4.79 Å². The third kappa shape index (κ3) is 4.32. The molecule has 2 amide bonds. The molecule has 0 aromatic carbocycles. The molecular weight excluding hydrogens is 360 g/mol. The van der Waals surface area contributed by atoms with E-state index in [0.717, 1.165) is 28.8 Å². The third-order valence-electron chi connectivity index (χ3n) is 3.30. The van der Waals surface area contributed by atoms with Gasteiger partial charge in [-0.05, 0) is 40.5 Å². The second-order valence-corrected chi connectivity index (χ2v) is 5.99. The summed E-state index contributed by atoms with van der Waals surface area (Å²) in [7, 11) is 0. The summed E-state index contributed by atoms with van der Waals surface area (Å²) in [6.45, 7) is 1.78. The Labute approximate surface area is 141 Å². The lowest BCUT2D eigenvalue weighted by atomic mass is 10.4. The lowest BCUT2D eigenvalue weighted by Crippen LogP contribution is -2.35. The van der Waals surface area contributed by atoms with Crippen molar-refractivity contribution in [2.45, 2.75) is 19.5 Å². The van der Waals surface area contributed by atoms with E-state index in [1.54, 1.807) is 6.20 Å². The van der Waals surface area contributed by atoms with Crippen molar-refractivity contribution >= 4 is 27.6 Å². The van der Waals surface area contributed by atoms with E-state index in [2.05, 4.69) is 36.6 Å². The number of amides is 2. The first-order valence-corrected chi connectivity index (χ1v) is 8.12. The van der Waals surface area contributed by atoms with Gasteiger partial charge in [-0.25, -0.2) is 9.78 Å². The number of urea groups is 1. The summed E-state index contributed by atoms with van der Waals surface area (Å²) in [5, 5.41) is 9.74. The van der Waals surface area contributed by atoms with Crippen molar-refractivity contribution in [3.05, 3.63) is 53.2 Å². The normalized spacial score (nSPS) is 10.8. The van der Waals surface area contributed by atoms with Crippen molar-refractivity contribution in [1.82, 2.24) is 29.8 Å². The van der Waals surface area contributed by atoms with Crippen LogP contribution in [0.5, 0.6) is 0 Å². The number of aromatic nitrogens is 4. The average molecular weight is 377 g/mol. The van der Waals surface area contributed by atoms with Gasteiger partial charge >= 0.3 is 6.03 Å². The molecule has 2 N–H and O–H groups in total. The van der Waals surface area contributed by atoms with Gasteiger partial charge in [0.05, 0.1) is 12.2 Å². The molecule has 0 unspecified atom stereocenters. The first-order chi connectivity index (χ1) is 11.2. The zero-order valence-corrected chi connectivity index (χ0v) is 14.0. The first-order valence-electron chi connectivity index (χ1n) is 7.33. The number of carbonyl (C=O) groups excluding carboxylic acids is 1. The molecule has 0 saturated heterocycles. The van der Waals surface area contributed by atoms with Crippen LogP contribution in [0, 0.1) is 0 Å². The predicted molar refractivity (Wildman–Crippen MR) is 90.0 cm³/mol. The van der Waals surface area contributed by atoms with Crippen LogP contribution in [0.1, 0.15) is 12.1 Å². The fourth-order valence-corrected chi connectivity index (χ4v) is 2.56. The smallest absolute Gasteiger partial charge is 0.315 e. The van der Waals surface area contributed by atoms with Crippen molar-refractivity contribution in [2.75, 3.05) is 6.54 Å². The van der Waals surface area contributed by atoms with Crippen LogP contribution in [0.15, 0.2) is 47.5 Å². The number of carbonyl (C=O) groups is 1. The molecule has 8 heteroatoms. The monoisotopic (exact) mass is 376 g/mol. The number of rotatable bonds is 6. The van der Waals surface area contributed by atoms with Crippen LogP contribution in [-0.4, -0.2) is 31.7 Å². The highest BCUT2D eigenvalue weighted by Gasteiger charge is 2.04. The molecule has 23 heavy (non-hydrogen) atoms. The van der Waals surface area contributed by atoms with Crippen molar-refractivity contribution in [1.29, 1.82) is 0 Å². The average Bonchev–Trinajstić information content (AvgIpc) is 3.18. The lowest BCUT2D eigenvalue weighted by molar-refractivity contribution is 0.240. The van der Waals surface area contributed by atoms with Gasteiger partial charge in [0, 0.05) is 42.3 Å². The molecule has 3 heterocycles. The predicted octanol–water partition coefficient (Wildman–Crippen LogP) is 2.18. The Kier molecular flexibility index (Phi) is 4.92. The molecule has 0 aliphatic heterocycles. The highest BCUT2D eigenvalue weighted by molar-refractivity contribution is 9.10. The van der Waals surface area contributed by atoms with E-state index in [0.29, 0.717) is 13.1 Å². The zero-order valence-electron chi connectivity index (χ0n) is 12.4. The fraction of sp³-hybridized carbons (Fsp3) is 0.267. The van der Waals surface area contributed by atoms with Crippen LogP contribution in [-0.2, 0) is 13.1 Å². The van der Waals surface area contributed by atoms with Gasteiger partial charge in [0.2, 0.25) is 0 Å². The summed E-state index contributed by atoms with van der Waals surface area (Å²) < 4.78 is 4.74. The Bertz CT molecular complexity index is 782. The van der Waals surface area contributed by atoms with Crippen molar-refractivity contribution < 1.29 is 4.79 Å². The van der Waals surface area contributed by atoms with Gasteiger partial charge in [-0.15, -0.1) is 0 Å². The number of nitrogens with zero attached hydrogens (tertiary/aromatic N) is 4. The van der Waals surface area contributed by atoms with Gasteiger partial charge in [0.25, 0.3) is 0 Å². The standard InChI is InChI=1S/C15H17BrN6O/c16-12-3-4-14-20-13(11-21(14)10-12)9-18-15(23)17-5-1-7-22-8-2-6-19-22/h2-4,6,8,10-11H,1,5,7,9H2,(H2,17,18,23). The van der Waals surface area contributed by atoms with E-state index in [1.807, 2.05) is 45.9 Å². The summed E-state index contributed by atoms with van der Waals surface area (Å²) >= 11 is 3.42. The van der Waals surface area contributed by atoms with Crippen molar-refractivity contribution in [2.24, 2.45) is 0 Å². The quantitative estimate of drug-likeness (QED) is 0.647. The Balaban J connectivity index is 1.41. The molecule has 0 radical (unpaired) electrons. The lowest BCUT2D eigenvalue weighted by Gasteiger charge is -2.06. The van der Waals surface area contributed by atoms with Crippen LogP contribution in [0.25, 0.3) is 5.65 Å². The minimum atomic E-state index is -0.191. The van der Waals surface area contributed by atoms with Crippen LogP contribution in [0.2, 0.25) is 0 Å². The van der Waals surface area contributed by atoms with Gasteiger partial charge in [-0.3, -0.25) is 4.68 Å². The molecule has 3 aromatic rings. The number of aryl methyl sites for hydroxylation is 1. The molecule has 0 fully saturated rings. The van der Waals surface area contributed by atoms with E-state index in [4.69, 9.17) is 0 Å². The second kappa shape index (κ2) is 7.28. The fourth-order valence-electron chi connectivity index (χ4n) is 2.21. The largest absolute Gasteiger partial charge is 0.338 e. The number of imidazole rings is 1. The minimum Gasteiger partial charge on any atom is -0.338 e. The second-order valence-electron chi connectivity index (χ2n) is 5.08. The highest BCUT2D eigenvalue weighted by Crippen LogP contribution is 2.12. The van der Waals surface area contributed by atoms with E-state index < -0.39 is 0 Å². The molecule has 0 saturated carbocycles. The number of nitrogens with one attached hydrogen (secondary N) is 2. The maximum Gasteiger partial charge on any atom is 0.315 e. The molecule has 120 valence electrons. The maximum atomic E-state index is 11.8. The van der Waals surface area contributed by atoms with E-state index >= 15 is 0 Å². The third-order valence-corrected chi connectivity index (χ3v) is 3.77. The molecule has 3 aromatic heterocycles. The molecule has 0 aliphatic carbocycles. The van der Waals surface area contributed by atoms with Gasteiger partial charge < -0.3 is 15.0 Å². The number of halogens is 1. The van der Waals surface area contributed by atoms with Crippen LogP contribution in [0.3, 0.4) is 0 Å². The summed E-state index contributed by atoms with van der Waals surface area (Å²) in [6.07, 6.45) is 8.31. The molecule has 0 atom stereocenters. The van der Waals surface area contributed by atoms with Crippen LogP contribution >= 0.6 is 15.9 Å². The minimum absolute atomic E-state index is 0.191. The van der Waals surface area contributed by atoms with Crippen LogP contribution < -0.4 is 10.6 Å². The van der Waals surface area contributed by atoms with E-state index in [-0.39, 0.29) is 6.03 Å². The summed E-state index contributed by atoms with van der Waals surface area (Å²) in [5.74, 6) is 0. The van der Waals surface area contributed by atoms with Crippen molar-refractivity contribution in [3.8, 4) is 0 Å². The number of hydrogen-bond acceptors (Lipinski definition) is 3. The first kappa shape index (κ1) is 15.5. The van der Waals surface area contributed by atoms with E-state index in [1.165, 1.54) is 0 Å². The Hall–Kier alpha value is -2.35. The molecule has 0 aliphatic rings. The number of pyridine rings is 1. The summed E-state index contributed by atoms with van der Waals surface area (Å²) in [5.41, 5.74) is 1.67. The van der Waals surface area contributed by atoms with Gasteiger partial charge in [-0.1, -0.05) is 0 Å².